The fraction of sp³-hybridized carbons (Fsp3) is 0. The Kier molecular flexibility index (Phi) is 3.75. The van der Waals surface area contributed by atoms with Crippen molar-refractivity contribution in [3.8, 4) is 0 Å². The first-order valence-electron chi connectivity index (χ1n) is 4.65. The summed E-state index contributed by atoms with van der Waals surface area (Å²) in [5.41, 5.74) is -0.000360. The van der Waals surface area contributed by atoms with E-state index in [1.54, 1.807) is 0 Å². The molecule has 0 aliphatic heterocycles. The SMILES string of the molecule is O=C(O)c1ccnc(Sc2ccc(Br)cc2)n1. The minimum atomic E-state index is -1.05. The summed E-state index contributed by atoms with van der Waals surface area (Å²) in [7, 11) is 0. The monoisotopic (exact) mass is 310 g/mol. The maximum Gasteiger partial charge on any atom is 0.354 e. The highest BCUT2D eigenvalue weighted by Crippen LogP contribution is 2.25. The Morgan fingerprint density at radius 2 is 1.94 bits per heavy atom. The van der Waals surface area contributed by atoms with Gasteiger partial charge >= 0.3 is 5.97 Å². The highest BCUT2D eigenvalue weighted by molar-refractivity contribution is 9.10. The molecule has 0 saturated heterocycles. The van der Waals surface area contributed by atoms with Crippen molar-refractivity contribution >= 4 is 33.7 Å². The summed E-state index contributed by atoms with van der Waals surface area (Å²) >= 11 is 4.66. The molecule has 0 saturated carbocycles. The molecular formula is C11H7BrN2O2S. The number of carboxylic acids is 1. The second kappa shape index (κ2) is 5.29. The summed E-state index contributed by atoms with van der Waals surface area (Å²) < 4.78 is 0.988. The fourth-order valence-corrected chi connectivity index (χ4v) is 2.12. The Labute approximate surface area is 110 Å². The van der Waals surface area contributed by atoms with Gasteiger partial charge in [0.15, 0.2) is 10.9 Å². The van der Waals surface area contributed by atoms with E-state index >= 15 is 0 Å². The molecule has 0 aliphatic carbocycles. The van der Waals surface area contributed by atoms with E-state index in [1.807, 2.05) is 24.3 Å². The minimum absolute atomic E-state index is 0.000360. The standard InChI is InChI=1S/C11H7BrN2O2S/c12-7-1-3-8(4-2-7)17-11-13-6-5-9(14-11)10(15)16/h1-6H,(H,15,16). The number of rotatable bonds is 3. The molecule has 1 N–H and O–H groups in total. The van der Waals surface area contributed by atoms with Crippen LogP contribution in [-0.2, 0) is 0 Å². The number of hydrogen-bond donors (Lipinski definition) is 1. The first-order valence-corrected chi connectivity index (χ1v) is 6.26. The third-order valence-electron chi connectivity index (χ3n) is 1.88. The van der Waals surface area contributed by atoms with E-state index in [1.165, 1.54) is 24.0 Å². The number of aromatic nitrogens is 2. The quantitative estimate of drug-likeness (QED) is 0.883. The summed E-state index contributed by atoms with van der Waals surface area (Å²) in [5.74, 6) is -1.05. The number of carboxylic acid groups (broad SMARTS) is 1. The Balaban J connectivity index is 2.21. The van der Waals surface area contributed by atoms with Gasteiger partial charge in [-0.2, -0.15) is 0 Å². The van der Waals surface area contributed by atoms with E-state index < -0.39 is 5.97 Å². The van der Waals surface area contributed by atoms with Crippen molar-refractivity contribution in [2.24, 2.45) is 0 Å². The third kappa shape index (κ3) is 3.28. The van der Waals surface area contributed by atoms with Crippen LogP contribution in [0.4, 0.5) is 0 Å². The van der Waals surface area contributed by atoms with Crippen LogP contribution in [0.2, 0.25) is 0 Å². The topological polar surface area (TPSA) is 63.1 Å². The Bertz CT molecular complexity index is 545. The van der Waals surface area contributed by atoms with Gasteiger partial charge < -0.3 is 5.11 Å². The number of aromatic carboxylic acids is 1. The van der Waals surface area contributed by atoms with E-state index in [0.717, 1.165) is 9.37 Å². The molecule has 6 heteroatoms. The summed E-state index contributed by atoms with van der Waals surface area (Å²) in [6.45, 7) is 0. The third-order valence-corrected chi connectivity index (χ3v) is 3.29. The summed E-state index contributed by atoms with van der Waals surface area (Å²) in [5, 5.41) is 9.23. The van der Waals surface area contributed by atoms with E-state index in [4.69, 9.17) is 5.11 Å². The molecule has 0 atom stereocenters. The van der Waals surface area contributed by atoms with Crippen molar-refractivity contribution in [3.05, 3.63) is 46.7 Å². The van der Waals surface area contributed by atoms with Crippen molar-refractivity contribution < 1.29 is 9.90 Å². The fourth-order valence-electron chi connectivity index (χ4n) is 1.12. The zero-order chi connectivity index (χ0) is 12.3. The summed E-state index contributed by atoms with van der Waals surface area (Å²) in [4.78, 5) is 19.6. The van der Waals surface area contributed by atoms with Gasteiger partial charge in [0.1, 0.15) is 0 Å². The molecule has 0 unspecified atom stereocenters. The highest BCUT2D eigenvalue weighted by Gasteiger charge is 2.07. The van der Waals surface area contributed by atoms with Crippen LogP contribution in [-0.4, -0.2) is 21.0 Å². The summed E-state index contributed by atoms with van der Waals surface area (Å²) in [6.07, 6.45) is 1.44. The largest absolute Gasteiger partial charge is 0.477 e. The lowest BCUT2D eigenvalue weighted by molar-refractivity contribution is 0.0689. The molecule has 2 aromatic rings. The van der Waals surface area contributed by atoms with Crippen molar-refractivity contribution in [3.63, 3.8) is 0 Å². The molecule has 1 heterocycles. The molecule has 4 nitrogen and oxygen atoms in total. The van der Waals surface area contributed by atoms with Gasteiger partial charge in [-0.25, -0.2) is 14.8 Å². The van der Waals surface area contributed by atoms with Crippen molar-refractivity contribution in [2.45, 2.75) is 10.1 Å². The second-order valence-corrected chi connectivity index (χ2v) is 5.04. The first-order chi connectivity index (χ1) is 8.15. The highest BCUT2D eigenvalue weighted by atomic mass is 79.9. The molecular weight excluding hydrogens is 304 g/mol. The predicted octanol–water partition coefficient (Wildman–Crippen LogP) is 3.09. The minimum Gasteiger partial charge on any atom is -0.477 e. The Morgan fingerprint density at radius 3 is 2.59 bits per heavy atom. The molecule has 0 spiro atoms. The lowest BCUT2D eigenvalue weighted by Gasteiger charge is -2.00. The van der Waals surface area contributed by atoms with Gasteiger partial charge in [0.25, 0.3) is 0 Å². The van der Waals surface area contributed by atoms with Crippen LogP contribution in [0.25, 0.3) is 0 Å². The first kappa shape index (κ1) is 12.1. The lowest BCUT2D eigenvalue weighted by Crippen LogP contribution is -2.01. The maximum absolute atomic E-state index is 10.7. The predicted molar refractivity (Wildman–Crippen MR) is 67.3 cm³/mol. The van der Waals surface area contributed by atoms with E-state index in [2.05, 4.69) is 25.9 Å². The molecule has 0 aliphatic rings. The van der Waals surface area contributed by atoms with Gasteiger partial charge in [0, 0.05) is 15.6 Å². The number of carbonyl (C=O) groups is 1. The number of hydrogen-bond acceptors (Lipinski definition) is 4. The molecule has 0 amide bonds. The van der Waals surface area contributed by atoms with Crippen LogP contribution < -0.4 is 0 Å². The average molecular weight is 311 g/mol. The molecule has 0 bridgehead atoms. The van der Waals surface area contributed by atoms with Crippen LogP contribution in [0.1, 0.15) is 10.5 Å². The summed E-state index contributed by atoms with van der Waals surface area (Å²) in [6, 6.07) is 9.00. The van der Waals surface area contributed by atoms with Crippen LogP contribution in [0.15, 0.2) is 51.1 Å². The van der Waals surface area contributed by atoms with Gasteiger partial charge in [-0.05, 0) is 42.1 Å². The molecule has 1 aromatic carbocycles. The van der Waals surface area contributed by atoms with Gasteiger partial charge in [-0.1, -0.05) is 15.9 Å². The zero-order valence-electron chi connectivity index (χ0n) is 8.50. The van der Waals surface area contributed by atoms with Crippen LogP contribution in [0.3, 0.4) is 0 Å². The van der Waals surface area contributed by atoms with Crippen molar-refractivity contribution in [1.82, 2.24) is 9.97 Å². The Morgan fingerprint density at radius 1 is 1.24 bits per heavy atom. The lowest BCUT2D eigenvalue weighted by atomic mass is 10.4. The smallest absolute Gasteiger partial charge is 0.354 e. The van der Waals surface area contributed by atoms with E-state index in [-0.39, 0.29) is 5.69 Å². The molecule has 0 fully saturated rings. The molecule has 1 aromatic heterocycles. The van der Waals surface area contributed by atoms with Crippen LogP contribution >= 0.6 is 27.7 Å². The maximum atomic E-state index is 10.7. The number of nitrogens with zero attached hydrogens (tertiary/aromatic N) is 2. The molecule has 2 rings (SSSR count). The van der Waals surface area contributed by atoms with Gasteiger partial charge in [-0.15, -0.1) is 0 Å². The van der Waals surface area contributed by atoms with E-state index in [9.17, 15) is 4.79 Å². The Hall–Kier alpha value is -1.40. The van der Waals surface area contributed by atoms with Crippen molar-refractivity contribution in [2.75, 3.05) is 0 Å². The van der Waals surface area contributed by atoms with E-state index in [0.29, 0.717) is 5.16 Å². The number of halogens is 1. The second-order valence-electron chi connectivity index (χ2n) is 3.09. The van der Waals surface area contributed by atoms with Gasteiger partial charge in [0.2, 0.25) is 0 Å². The van der Waals surface area contributed by atoms with Gasteiger partial charge in [0.05, 0.1) is 0 Å². The average Bonchev–Trinajstić information content (AvgIpc) is 2.32. The van der Waals surface area contributed by atoms with Crippen LogP contribution in [0.5, 0.6) is 0 Å². The van der Waals surface area contributed by atoms with Crippen molar-refractivity contribution in [1.29, 1.82) is 0 Å². The molecule has 0 radical (unpaired) electrons. The van der Waals surface area contributed by atoms with Gasteiger partial charge in [-0.3, -0.25) is 0 Å². The number of benzene rings is 1. The zero-order valence-corrected chi connectivity index (χ0v) is 10.9. The van der Waals surface area contributed by atoms with Crippen LogP contribution in [0, 0.1) is 0 Å². The normalized spacial score (nSPS) is 10.2. The molecule has 86 valence electrons. The molecule has 17 heavy (non-hydrogen) atoms.